The molecule has 84 valence electrons. The maximum absolute atomic E-state index is 13.2. The SMILES string of the molecule is Fc1ccc(CCCCCCBr)c(F)c1. The lowest BCUT2D eigenvalue weighted by Crippen LogP contribution is -1.92. The largest absolute Gasteiger partial charge is 0.207 e. The molecule has 0 N–H and O–H groups in total. The van der Waals surface area contributed by atoms with Crippen molar-refractivity contribution < 1.29 is 8.78 Å². The Kier molecular flexibility index (Phi) is 5.84. The minimum Gasteiger partial charge on any atom is -0.207 e. The van der Waals surface area contributed by atoms with E-state index in [1.54, 1.807) is 0 Å². The second-order valence-electron chi connectivity index (χ2n) is 3.59. The molecule has 0 radical (unpaired) electrons. The summed E-state index contributed by atoms with van der Waals surface area (Å²) in [5.74, 6) is -0.925. The van der Waals surface area contributed by atoms with Crippen molar-refractivity contribution in [3.05, 3.63) is 35.4 Å². The van der Waals surface area contributed by atoms with Crippen LogP contribution in [0.25, 0.3) is 0 Å². The van der Waals surface area contributed by atoms with E-state index in [2.05, 4.69) is 15.9 Å². The smallest absolute Gasteiger partial charge is 0.129 e. The van der Waals surface area contributed by atoms with Crippen molar-refractivity contribution in [3.63, 3.8) is 0 Å². The lowest BCUT2D eigenvalue weighted by Gasteiger charge is -2.03. The first kappa shape index (κ1) is 12.6. The van der Waals surface area contributed by atoms with Crippen LogP contribution in [0.15, 0.2) is 18.2 Å². The fourth-order valence-corrected chi connectivity index (χ4v) is 1.88. The van der Waals surface area contributed by atoms with Gasteiger partial charge in [0.25, 0.3) is 0 Å². The number of hydrogen-bond acceptors (Lipinski definition) is 0. The summed E-state index contributed by atoms with van der Waals surface area (Å²) in [6, 6.07) is 3.81. The fraction of sp³-hybridized carbons (Fsp3) is 0.500. The molecule has 0 heterocycles. The van der Waals surface area contributed by atoms with E-state index in [1.807, 2.05) is 0 Å². The standard InChI is InChI=1S/C12H15BrF2/c13-8-4-2-1-3-5-10-6-7-11(14)9-12(10)15/h6-7,9H,1-5,8H2. The van der Waals surface area contributed by atoms with Crippen molar-refractivity contribution in [2.75, 3.05) is 5.33 Å². The normalized spacial score (nSPS) is 10.6. The molecule has 0 aliphatic rings. The first-order valence-corrected chi connectivity index (χ1v) is 6.36. The van der Waals surface area contributed by atoms with Gasteiger partial charge in [-0.15, -0.1) is 0 Å². The van der Waals surface area contributed by atoms with Crippen LogP contribution in [0.4, 0.5) is 8.78 Å². The quantitative estimate of drug-likeness (QED) is 0.532. The summed E-state index contributed by atoms with van der Waals surface area (Å²) in [6.45, 7) is 0. The van der Waals surface area contributed by atoms with Crippen LogP contribution in [-0.2, 0) is 6.42 Å². The van der Waals surface area contributed by atoms with Crippen molar-refractivity contribution in [3.8, 4) is 0 Å². The van der Waals surface area contributed by atoms with Crippen LogP contribution in [0.2, 0.25) is 0 Å². The molecule has 0 atom stereocenters. The van der Waals surface area contributed by atoms with Crippen LogP contribution >= 0.6 is 15.9 Å². The van der Waals surface area contributed by atoms with Gasteiger partial charge in [0.2, 0.25) is 0 Å². The topological polar surface area (TPSA) is 0 Å². The molecule has 0 saturated heterocycles. The number of benzene rings is 1. The van der Waals surface area contributed by atoms with Gasteiger partial charge in [0, 0.05) is 11.4 Å². The molecule has 0 unspecified atom stereocenters. The van der Waals surface area contributed by atoms with Gasteiger partial charge >= 0.3 is 0 Å². The van der Waals surface area contributed by atoms with Crippen molar-refractivity contribution in [1.29, 1.82) is 0 Å². The van der Waals surface area contributed by atoms with Crippen LogP contribution in [0, 0.1) is 11.6 Å². The van der Waals surface area contributed by atoms with Gasteiger partial charge in [0.15, 0.2) is 0 Å². The Labute approximate surface area is 97.8 Å². The molecular weight excluding hydrogens is 262 g/mol. The van der Waals surface area contributed by atoms with E-state index in [9.17, 15) is 8.78 Å². The third kappa shape index (κ3) is 4.74. The molecule has 1 aromatic carbocycles. The molecule has 0 aromatic heterocycles. The summed E-state index contributed by atoms with van der Waals surface area (Å²) < 4.78 is 25.8. The highest BCUT2D eigenvalue weighted by Gasteiger charge is 2.02. The number of rotatable bonds is 6. The van der Waals surface area contributed by atoms with Crippen molar-refractivity contribution >= 4 is 15.9 Å². The zero-order valence-corrected chi connectivity index (χ0v) is 10.2. The van der Waals surface area contributed by atoms with E-state index >= 15 is 0 Å². The minimum atomic E-state index is -0.504. The molecule has 0 aliphatic heterocycles. The first-order valence-electron chi connectivity index (χ1n) is 5.24. The lowest BCUT2D eigenvalue weighted by molar-refractivity contribution is 0.565. The van der Waals surface area contributed by atoms with Crippen molar-refractivity contribution in [2.24, 2.45) is 0 Å². The highest BCUT2D eigenvalue weighted by Crippen LogP contribution is 2.13. The second kappa shape index (κ2) is 6.94. The monoisotopic (exact) mass is 276 g/mol. The Balaban J connectivity index is 2.31. The molecule has 0 spiro atoms. The number of alkyl halides is 1. The number of hydrogen-bond donors (Lipinski definition) is 0. The molecule has 0 aliphatic carbocycles. The molecule has 0 fully saturated rings. The zero-order valence-electron chi connectivity index (χ0n) is 8.61. The Morgan fingerprint density at radius 1 is 1.00 bits per heavy atom. The first-order chi connectivity index (χ1) is 7.24. The summed E-state index contributed by atoms with van der Waals surface area (Å²) in [6.07, 6.45) is 5.09. The average molecular weight is 277 g/mol. The van der Waals surface area contributed by atoms with Crippen LogP contribution in [0.1, 0.15) is 31.2 Å². The van der Waals surface area contributed by atoms with Gasteiger partial charge in [0.05, 0.1) is 0 Å². The molecule has 0 nitrogen and oxygen atoms in total. The van der Waals surface area contributed by atoms with E-state index in [0.717, 1.165) is 37.1 Å². The third-order valence-corrected chi connectivity index (χ3v) is 2.91. The van der Waals surface area contributed by atoms with Gasteiger partial charge in [-0.1, -0.05) is 34.8 Å². The molecule has 0 bridgehead atoms. The maximum Gasteiger partial charge on any atom is 0.129 e. The molecule has 1 rings (SSSR count). The number of halogens is 3. The van der Waals surface area contributed by atoms with Gasteiger partial charge < -0.3 is 0 Å². The zero-order chi connectivity index (χ0) is 11.1. The van der Waals surface area contributed by atoms with Gasteiger partial charge in [0.1, 0.15) is 11.6 Å². The predicted octanol–water partition coefficient (Wildman–Crippen LogP) is 4.46. The van der Waals surface area contributed by atoms with E-state index < -0.39 is 11.6 Å². The van der Waals surface area contributed by atoms with Gasteiger partial charge in [-0.2, -0.15) is 0 Å². The Morgan fingerprint density at radius 2 is 1.73 bits per heavy atom. The van der Waals surface area contributed by atoms with Crippen LogP contribution in [-0.4, -0.2) is 5.33 Å². The second-order valence-corrected chi connectivity index (χ2v) is 4.38. The number of unbranched alkanes of at least 4 members (excludes halogenated alkanes) is 3. The van der Waals surface area contributed by atoms with E-state index in [0.29, 0.717) is 12.0 Å². The molecule has 15 heavy (non-hydrogen) atoms. The molecule has 0 amide bonds. The predicted molar refractivity (Wildman–Crippen MR) is 62.3 cm³/mol. The molecular formula is C12H15BrF2. The fourth-order valence-electron chi connectivity index (χ4n) is 1.49. The lowest BCUT2D eigenvalue weighted by atomic mass is 10.1. The van der Waals surface area contributed by atoms with Crippen LogP contribution in [0.5, 0.6) is 0 Å². The summed E-state index contributed by atoms with van der Waals surface area (Å²) in [5, 5.41) is 1.03. The average Bonchev–Trinajstić information content (AvgIpc) is 2.20. The van der Waals surface area contributed by atoms with Gasteiger partial charge in [-0.3, -0.25) is 0 Å². The van der Waals surface area contributed by atoms with Crippen LogP contribution in [0.3, 0.4) is 0 Å². The van der Waals surface area contributed by atoms with Crippen molar-refractivity contribution in [1.82, 2.24) is 0 Å². The molecule has 1 aromatic rings. The highest BCUT2D eigenvalue weighted by molar-refractivity contribution is 9.09. The van der Waals surface area contributed by atoms with Crippen LogP contribution < -0.4 is 0 Å². The summed E-state index contributed by atoms with van der Waals surface area (Å²) in [5.41, 5.74) is 0.621. The third-order valence-electron chi connectivity index (χ3n) is 2.34. The summed E-state index contributed by atoms with van der Waals surface area (Å²) in [7, 11) is 0. The van der Waals surface area contributed by atoms with E-state index in [-0.39, 0.29) is 0 Å². The highest BCUT2D eigenvalue weighted by atomic mass is 79.9. The Morgan fingerprint density at radius 3 is 2.40 bits per heavy atom. The molecule has 0 saturated carbocycles. The number of aryl methyl sites for hydroxylation is 1. The van der Waals surface area contributed by atoms with Gasteiger partial charge in [-0.25, -0.2) is 8.78 Å². The minimum absolute atomic E-state index is 0.421. The van der Waals surface area contributed by atoms with E-state index in [1.165, 1.54) is 12.1 Å². The van der Waals surface area contributed by atoms with E-state index in [4.69, 9.17) is 0 Å². The summed E-state index contributed by atoms with van der Waals surface area (Å²) >= 11 is 3.36. The Hall–Kier alpha value is -0.440. The van der Waals surface area contributed by atoms with Crippen molar-refractivity contribution in [2.45, 2.75) is 32.1 Å². The maximum atomic E-state index is 13.2. The van der Waals surface area contributed by atoms with Gasteiger partial charge in [-0.05, 0) is 30.9 Å². The summed E-state index contributed by atoms with van der Waals surface area (Å²) in [4.78, 5) is 0. The Bertz CT molecular complexity index is 300. The molecule has 3 heteroatoms.